The number of benzene rings is 1. The normalized spacial score (nSPS) is 14.1. The van der Waals surface area contributed by atoms with Gasteiger partial charge in [-0.25, -0.2) is 4.68 Å². The van der Waals surface area contributed by atoms with Crippen molar-refractivity contribution >= 4 is 5.91 Å². The number of hydrogen-bond acceptors (Lipinski definition) is 4. The molecule has 6 nitrogen and oxygen atoms in total. The predicted molar refractivity (Wildman–Crippen MR) is 102 cm³/mol. The second-order valence-corrected chi connectivity index (χ2v) is 7.18. The van der Waals surface area contributed by atoms with E-state index in [0.29, 0.717) is 11.3 Å². The van der Waals surface area contributed by atoms with E-state index in [1.165, 1.54) is 24.0 Å². The number of nitriles is 1. The minimum absolute atomic E-state index is 0.0398. The summed E-state index contributed by atoms with van der Waals surface area (Å²) in [6, 6.07) is 8.13. The minimum Gasteiger partial charge on any atom is -0.348 e. The lowest BCUT2D eigenvalue weighted by atomic mass is 9.89. The topological polar surface area (TPSA) is 87.8 Å². The summed E-state index contributed by atoms with van der Waals surface area (Å²) in [5, 5.41) is 16.3. The van der Waals surface area contributed by atoms with Crippen molar-refractivity contribution in [2.75, 3.05) is 0 Å². The molecule has 0 bridgehead atoms. The quantitative estimate of drug-likeness (QED) is 0.903. The molecule has 1 N–H and O–H groups in total. The zero-order chi connectivity index (χ0) is 19.6. The molecule has 2 aromatic rings. The van der Waals surface area contributed by atoms with Crippen molar-refractivity contribution in [3.05, 3.63) is 62.1 Å². The average Bonchev–Trinajstić information content (AvgIpc) is 2.66. The first-order valence-electron chi connectivity index (χ1n) is 9.30. The molecule has 0 spiro atoms. The van der Waals surface area contributed by atoms with Gasteiger partial charge in [-0.2, -0.15) is 10.4 Å². The van der Waals surface area contributed by atoms with Crippen molar-refractivity contribution in [1.29, 1.82) is 5.26 Å². The van der Waals surface area contributed by atoms with Crippen molar-refractivity contribution in [2.24, 2.45) is 0 Å². The maximum atomic E-state index is 12.4. The molecule has 1 atom stereocenters. The Kier molecular flexibility index (Phi) is 5.41. The Morgan fingerprint density at radius 1 is 1.30 bits per heavy atom. The molecule has 0 saturated heterocycles. The summed E-state index contributed by atoms with van der Waals surface area (Å²) in [7, 11) is 0. The highest BCUT2D eigenvalue weighted by molar-refractivity contribution is 5.76. The van der Waals surface area contributed by atoms with Crippen LogP contribution in [0.15, 0.2) is 23.0 Å². The molecule has 0 saturated carbocycles. The van der Waals surface area contributed by atoms with E-state index in [4.69, 9.17) is 0 Å². The van der Waals surface area contributed by atoms with Gasteiger partial charge < -0.3 is 5.32 Å². The Morgan fingerprint density at radius 3 is 2.70 bits per heavy atom. The van der Waals surface area contributed by atoms with Crippen LogP contribution in [-0.2, 0) is 24.2 Å². The molecule has 1 aromatic carbocycles. The lowest BCUT2D eigenvalue weighted by Crippen LogP contribution is -2.36. The van der Waals surface area contributed by atoms with Crippen LogP contribution in [0.3, 0.4) is 0 Å². The molecule has 1 aliphatic carbocycles. The van der Waals surface area contributed by atoms with E-state index in [1.54, 1.807) is 13.8 Å². The summed E-state index contributed by atoms with van der Waals surface area (Å²) in [6.45, 7) is 5.13. The van der Waals surface area contributed by atoms with Crippen molar-refractivity contribution in [2.45, 2.75) is 59.0 Å². The monoisotopic (exact) mass is 364 g/mol. The predicted octanol–water partition coefficient (Wildman–Crippen LogP) is 2.49. The molecule has 0 radical (unpaired) electrons. The van der Waals surface area contributed by atoms with Crippen molar-refractivity contribution in [1.82, 2.24) is 15.1 Å². The van der Waals surface area contributed by atoms with E-state index in [2.05, 4.69) is 28.6 Å². The number of hydrogen-bond donors (Lipinski definition) is 1. The zero-order valence-electron chi connectivity index (χ0n) is 16.0. The molecule has 0 unspecified atom stereocenters. The lowest BCUT2D eigenvalue weighted by molar-refractivity contribution is -0.122. The molecular weight excluding hydrogens is 340 g/mol. The Bertz CT molecular complexity index is 985. The van der Waals surface area contributed by atoms with Gasteiger partial charge in [0.15, 0.2) is 0 Å². The van der Waals surface area contributed by atoms with Crippen LogP contribution in [0.2, 0.25) is 0 Å². The fourth-order valence-electron chi connectivity index (χ4n) is 3.54. The van der Waals surface area contributed by atoms with Gasteiger partial charge in [0.2, 0.25) is 5.91 Å². The van der Waals surface area contributed by atoms with Crippen LogP contribution in [0.5, 0.6) is 0 Å². The smallest absolute Gasteiger partial charge is 0.285 e. The number of amides is 1. The van der Waals surface area contributed by atoms with Gasteiger partial charge in [0.1, 0.15) is 18.2 Å². The van der Waals surface area contributed by atoms with Crippen molar-refractivity contribution < 1.29 is 4.79 Å². The number of nitrogens with zero attached hydrogens (tertiary/aromatic N) is 3. The van der Waals surface area contributed by atoms with Crippen LogP contribution in [0, 0.1) is 25.2 Å². The molecule has 140 valence electrons. The number of nitrogens with one attached hydrogen (secondary N) is 1. The summed E-state index contributed by atoms with van der Waals surface area (Å²) < 4.78 is 1.07. The summed E-state index contributed by atoms with van der Waals surface area (Å²) in [5.74, 6) is -0.304. The first-order chi connectivity index (χ1) is 12.9. The van der Waals surface area contributed by atoms with Crippen molar-refractivity contribution in [3.8, 4) is 6.07 Å². The zero-order valence-corrected chi connectivity index (χ0v) is 16.0. The molecule has 1 amide bonds. The van der Waals surface area contributed by atoms with E-state index in [1.807, 2.05) is 13.0 Å². The summed E-state index contributed by atoms with van der Waals surface area (Å²) in [5.41, 5.74) is 4.46. The van der Waals surface area contributed by atoms with Gasteiger partial charge in [0.05, 0.1) is 11.7 Å². The van der Waals surface area contributed by atoms with Gasteiger partial charge in [0, 0.05) is 0 Å². The van der Waals surface area contributed by atoms with Gasteiger partial charge in [-0.3, -0.25) is 9.59 Å². The van der Waals surface area contributed by atoms with Crippen LogP contribution in [-0.4, -0.2) is 15.7 Å². The van der Waals surface area contributed by atoms with Crippen LogP contribution in [0.1, 0.15) is 59.3 Å². The maximum absolute atomic E-state index is 12.4. The standard InChI is InChI=1S/C21H24N4O2/c1-13-14(2)24-25(21(27)19(13)11-22)12-20(26)23-15(3)17-9-8-16-6-4-5-7-18(16)10-17/h8-10,15H,4-7,12H2,1-3H3,(H,23,26)/t15-/m1/s1. The van der Waals surface area contributed by atoms with E-state index in [-0.39, 0.29) is 24.1 Å². The third-order valence-electron chi connectivity index (χ3n) is 5.29. The van der Waals surface area contributed by atoms with Crippen LogP contribution >= 0.6 is 0 Å². The van der Waals surface area contributed by atoms with Gasteiger partial charge in [-0.1, -0.05) is 18.2 Å². The molecule has 3 rings (SSSR count). The first-order valence-corrected chi connectivity index (χ1v) is 9.30. The molecule has 0 aliphatic heterocycles. The number of fused-ring (bicyclic) bond motifs is 1. The fourth-order valence-corrected chi connectivity index (χ4v) is 3.54. The molecule has 0 fully saturated rings. The first kappa shape index (κ1) is 18.8. The Balaban J connectivity index is 1.74. The highest BCUT2D eigenvalue weighted by atomic mass is 16.2. The number of rotatable bonds is 4. The molecule has 1 aliphatic rings. The van der Waals surface area contributed by atoms with Gasteiger partial charge in [0.25, 0.3) is 5.56 Å². The second kappa shape index (κ2) is 7.75. The van der Waals surface area contributed by atoms with Gasteiger partial charge >= 0.3 is 0 Å². The van der Waals surface area contributed by atoms with E-state index in [0.717, 1.165) is 23.1 Å². The molecule has 1 aromatic heterocycles. The SMILES string of the molecule is Cc1nn(CC(=O)N[C@H](C)c2ccc3c(c2)CCCC3)c(=O)c(C#N)c1C. The molecular formula is C21H24N4O2. The summed E-state index contributed by atoms with van der Waals surface area (Å²) in [6.07, 6.45) is 4.66. The Labute approximate surface area is 158 Å². The van der Waals surface area contributed by atoms with E-state index in [9.17, 15) is 14.9 Å². The van der Waals surface area contributed by atoms with Gasteiger partial charge in [-0.05, 0) is 68.7 Å². The highest BCUT2D eigenvalue weighted by Crippen LogP contribution is 2.24. The second-order valence-electron chi connectivity index (χ2n) is 7.18. The third kappa shape index (κ3) is 3.92. The molecule has 27 heavy (non-hydrogen) atoms. The summed E-state index contributed by atoms with van der Waals surface area (Å²) in [4.78, 5) is 24.8. The molecule has 6 heteroatoms. The lowest BCUT2D eigenvalue weighted by Gasteiger charge is -2.20. The Morgan fingerprint density at radius 2 is 2.00 bits per heavy atom. The highest BCUT2D eigenvalue weighted by Gasteiger charge is 2.17. The van der Waals surface area contributed by atoms with Crippen LogP contribution < -0.4 is 10.9 Å². The van der Waals surface area contributed by atoms with Crippen LogP contribution in [0.4, 0.5) is 0 Å². The third-order valence-corrected chi connectivity index (χ3v) is 5.29. The number of carbonyl (C=O) groups is 1. The van der Waals surface area contributed by atoms with Crippen LogP contribution in [0.25, 0.3) is 0 Å². The average molecular weight is 364 g/mol. The Hall–Kier alpha value is -2.94. The minimum atomic E-state index is -0.530. The number of carbonyl (C=O) groups excluding carboxylic acids is 1. The fraction of sp³-hybridized carbons (Fsp3) is 0.429. The molecule has 1 heterocycles. The van der Waals surface area contributed by atoms with Crippen molar-refractivity contribution in [3.63, 3.8) is 0 Å². The number of aryl methyl sites for hydroxylation is 3. The van der Waals surface area contributed by atoms with E-state index < -0.39 is 5.56 Å². The maximum Gasteiger partial charge on any atom is 0.285 e. The largest absolute Gasteiger partial charge is 0.348 e. The summed E-state index contributed by atoms with van der Waals surface area (Å²) >= 11 is 0. The van der Waals surface area contributed by atoms with E-state index >= 15 is 0 Å². The van der Waals surface area contributed by atoms with Gasteiger partial charge in [-0.15, -0.1) is 0 Å². The number of aromatic nitrogens is 2.